The predicted molar refractivity (Wildman–Crippen MR) is 170 cm³/mol. The molecule has 0 spiro atoms. The molecule has 0 bridgehead atoms. The third kappa shape index (κ3) is 9.07. The minimum atomic E-state index is -3.89. The number of halogens is 2. The Bertz CT molecular complexity index is 1550. The van der Waals surface area contributed by atoms with Crippen molar-refractivity contribution in [1.82, 2.24) is 15.2 Å². The van der Waals surface area contributed by atoms with E-state index in [2.05, 4.69) is 15.6 Å². The highest BCUT2D eigenvalue weighted by Crippen LogP contribution is 2.59. The third-order valence-corrected chi connectivity index (χ3v) is 10.6. The summed E-state index contributed by atoms with van der Waals surface area (Å²) in [7, 11) is -2.37. The second-order valence-electron chi connectivity index (χ2n) is 9.96. The summed E-state index contributed by atoms with van der Waals surface area (Å²) < 4.78 is 47.6. The second-order valence-corrected chi connectivity index (χ2v) is 13.5. The highest BCUT2D eigenvalue weighted by atomic mass is 35.5. The lowest BCUT2D eigenvalue weighted by atomic mass is 10.1. The molecule has 1 unspecified atom stereocenters. The van der Waals surface area contributed by atoms with Gasteiger partial charge in [0.05, 0.1) is 36.2 Å². The van der Waals surface area contributed by atoms with Crippen LogP contribution >= 0.6 is 31.2 Å². The molecule has 3 atom stereocenters. The zero-order chi connectivity index (χ0) is 32.6. The molecule has 3 N–H and O–H groups in total. The molecular weight excluding hydrogens is 650 g/mol. The summed E-state index contributed by atoms with van der Waals surface area (Å²) in [4.78, 5) is 30.4. The third-order valence-electron chi connectivity index (χ3n) is 6.88. The lowest BCUT2D eigenvalue weighted by Crippen LogP contribution is -2.48. The molecule has 1 aliphatic heterocycles. The summed E-state index contributed by atoms with van der Waals surface area (Å²) in [6, 6.07) is 13.0. The first-order chi connectivity index (χ1) is 21.5. The Hall–Kier alpha value is -2.97. The van der Waals surface area contributed by atoms with Gasteiger partial charge in [-0.2, -0.15) is 0 Å². The summed E-state index contributed by atoms with van der Waals surface area (Å²) in [5.74, 6) is -0.304. The van der Waals surface area contributed by atoms with E-state index in [1.165, 1.54) is 35.8 Å². The van der Waals surface area contributed by atoms with Gasteiger partial charge in [-0.25, -0.2) is 23.5 Å². The normalized spacial score (nSPS) is 18.3. The number of pyridine rings is 1. The Morgan fingerprint density at radius 2 is 1.87 bits per heavy atom. The minimum Gasteiger partial charge on any atom is -0.448 e. The first-order valence-electron chi connectivity index (χ1n) is 14.1. The first kappa shape index (κ1) is 34.9. The molecule has 244 valence electrons. The molecule has 45 heavy (non-hydrogen) atoms. The molecule has 4 rings (SSSR count). The number of carbonyl (C=O) groups excluding carboxylic acids is 2. The number of fused-ring (bicyclic) bond motifs is 1. The largest absolute Gasteiger partial charge is 0.474 e. The summed E-state index contributed by atoms with van der Waals surface area (Å²) >= 11 is 7.32. The van der Waals surface area contributed by atoms with Crippen LogP contribution < -0.4 is 10.6 Å². The zero-order valence-electron chi connectivity index (χ0n) is 24.9. The van der Waals surface area contributed by atoms with E-state index in [-0.39, 0.29) is 37.8 Å². The molecule has 1 aliphatic rings. The number of nitrogens with one attached hydrogen (secondary N) is 2. The maximum atomic E-state index is 13.9. The number of urea groups is 1. The van der Waals surface area contributed by atoms with Crippen molar-refractivity contribution in [2.45, 2.75) is 43.0 Å². The molecule has 16 heteroatoms. The van der Waals surface area contributed by atoms with E-state index in [1.807, 2.05) is 24.3 Å². The molecule has 12 nitrogen and oxygen atoms in total. The van der Waals surface area contributed by atoms with Gasteiger partial charge in [0, 0.05) is 31.6 Å². The number of nitrogens with zero attached hydrogens (tertiary/aromatic N) is 2. The summed E-state index contributed by atoms with van der Waals surface area (Å²) in [5, 5.41) is 17.5. The van der Waals surface area contributed by atoms with E-state index in [9.17, 15) is 23.7 Å². The maximum Gasteiger partial charge on any atom is 0.474 e. The summed E-state index contributed by atoms with van der Waals surface area (Å²) in [5.41, 5.74) is 0.380. The fraction of sp³-hybridized carbons (Fsp3) is 0.414. The van der Waals surface area contributed by atoms with Crippen molar-refractivity contribution >= 4 is 59.9 Å². The molecule has 3 amide bonds. The molecular formula is C29H35ClFN4O8PS. The van der Waals surface area contributed by atoms with Crippen LogP contribution in [0.4, 0.5) is 19.8 Å². The molecule has 1 aromatic heterocycles. The molecule has 2 heterocycles. The molecule has 1 saturated heterocycles. The van der Waals surface area contributed by atoms with Crippen LogP contribution in [0, 0.1) is 5.82 Å². The number of aromatic nitrogens is 1. The van der Waals surface area contributed by atoms with Crippen LogP contribution in [0.3, 0.4) is 0 Å². The van der Waals surface area contributed by atoms with Crippen LogP contribution in [0.1, 0.15) is 25.8 Å². The Kier molecular flexibility index (Phi) is 12.1. The number of anilines is 1. The number of ether oxygens (including phenoxy) is 1. The number of hydrogen-bond donors (Lipinski definition) is 3. The van der Waals surface area contributed by atoms with Gasteiger partial charge in [0.15, 0.2) is 0 Å². The lowest BCUT2D eigenvalue weighted by Gasteiger charge is -2.30. The number of thioether (sulfide) groups is 1. The average Bonchev–Trinajstić information content (AvgIpc) is 3.72. The minimum absolute atomic E-state index is 0.0393. The van der Waals surface area contributed by atoms with Gasteiger partial charge in [0.25, 0.3) is 0 Å². The maximum absolute atomic E-state index is 13.9. The number of phosphoric acid groups is 1. The molecule has 3 aromatic rings. The van der Waals surface area contributed by atoms with Crippen molar-refractivity contribution in [1.29, 1.82) is 0 Å². The first-order valence-corrected chi connectivity index (χ1v) is 16.8. The van der Waals surface area contributed by atoms with E-state index in [4.69, 9.17) is 29.9 Å². The SMILES string of the molecule is CCOP(=O)(OCC)OC[C@H](O)C[C@]1(N(C)C(=O)NCc2cccc(F)c2Cl)SC1COC(=O)Nc1cc2ccccc2cn1. The fourth-order valence-corrected chi connectivity index (χ4v) is 7.40. The number of hydrogen-bond acceptors (Lipinski definition) is 10. The smallest absolute Gasteiger partial charge is 0.448 e. The number of aliphatic hydroxyl groups excluding tert-OH is 1. The molecule has 0 aliphatic carbocycles. The molecule has 0 radical (unpaired) electrons. The van der Waals surface area contributed by atoms with E-state index in [0.29, 0.717) is 11.4 Å². The average molecular weight is 685 g/mol. The van der Waals surface area contributed by atoms with Crippen LogP contribution in [0.2, 0.25) is 5.02 Å². The Balaban J connectivity index is 1.41. The summed E-state index contributed by atoms with van der Waals surface area (Å²) in [6.07, 6.45) is -0.357. The van der Waals surface area contributed by atoms with E-state index in [0.717, 1.165) is 10.8 Å². The molecule has 0 saturated carbocycles. The van der Waals surface area contributed by atoms with Crippen molar-refractivity contribution < 1.29 is 42.0 Å². The number of carbonyl (C=O) groups is 2. The highest BCUT2D eigenvalue weighted by Gasteiger charge is 2.61. The predicted octanol–water partition coefficient (Wildman–Crippen LogP) is 6.18. The summed E-state index contributed by atoms with van der Waals surface area (Å²) in [6.45, 7) is 2.83. The molecule has 2 aromatic carbocycles. The topological polar surface area (TPSA) is 149 Å². The Labute approximate surface area is 269 Å². The van der Waals surface area contributed by atoms with Gasteiger partial charge in [0.2, 0.25) is 0 Å². The van der Waals surface area contributed by atoms with Gasteiger partial charge in [-0.05, 0) is 36.9 Å². The van der Waals surface area contributed by atoms with Gasteiger partial charge in [-0.3, -0.25) is 18.9 Å². The highest BCUT2D eigenvalue weighted by molar-refractivity contribution is 8.08. The van der Waals surface area contributed by atoms with Gasteiger partial charge >= 0.3 is 19.9 Å². The van der Waals surface area contributed by atoms with Crippen LogP contribution in [-0.2, 0) is 29.4 Å². The Morgan fingerprint density at radius 1 is 1.16 bits per heavy atom. The van der Waals surface area contributed by atoms with Gasteiger partial charge < -0.3 is 20.1 Å². The quantitative estimate of drug-likeness (QED) is 0.125. The Morgan fingerprint density at radius 3 is 2.58 bits per heavy atom. The number of rotatable bonds is 15. The van der Waals surface area contributed by atoms with Crippen molar-refractivity contribution in [3.63, 3.8) is 0 Å². The van der Waals surface area contributed by atoms with Crippen molar-refractivity contribution in [3.8, 4) is 0 Å². The van der Waals surface area contributed by atoms with Crippen molar-refractivity contribution in [2.24, 2.45) is 0 Å². The monoisotopic (exact) mass is 684 g/mol. The number of aliphatic hydroxyl groups is 1. The fourth-order valence-electron chi connectivity index (χ4n) is 4.58. The number of benzene rings is 2. The van der Waals surface area contributed by atoms with Crippen LogP contribution in [0.5, 0.6) is 0 Å². The van der Waals surface area contributed by atoms with Crippen LogP contribution in [0.15, 0.2) is 54.7 Å². The van der Waals surface area contributed by atoms with E-state index in [1.54, 1.807) is 32.2 Å². The van der Waals surface area contributed by atoms with Crippen molar-refractivity contribution in [3.05, 3.63) is 71.1 Å². The van der Waals surface area contributed by atoms with Gasteiger partial charge in [-0.15, -0.1) is 11.8 Å². The lowest BCUT2D eigenvalue weighted by molar-refractivity contribution is 0.0435. The van der Waals surface area contributed by atoms with Crippen LogP contribution in [0.25, 0.3) is 10.8 Å². The zero-order valence-corrected chi connectivity index (χ0v) is 27.4. The molecule has 1 fully saturated rings. The standard InChI is InChI=1S/C29H35ClFN4O8PS/c1-4-41-44(39,42-5-2)43-17-22(36)14-29(35(3)27(37)33-16-21-11-8-12-23(31)26(21)30)24(45-29)18-40-28(38)34-25-13-19-9-6-7-10-20(19)15-32-25/h6-13,15,22,24,36H,4-5,14,16-18H2,1-3H3,(H,33,37)(H,32,34,38)/t22-,24?,29+/m1/s1. The number of phosphoric ester groups is 1. The van der Waals surface area contributed by atoms with E-state index < -0.39 is 48.6 Å². The van der Waals surface area contributed by atoms with Crippen LogP contribution in [-0.4, -0.2) is 76.8 Å². The van der Waals surface area contributed by atoms with Gasteiger partial charge in [-0.1, -0.05) is 48.0 Å². The number of amides is 3. The second kappa shape index (κ2) is 15.5. The van der Waals surface area contributed by atoms with Crippen molar-refractivity contribution in [2.75, 3.05) is 38.8 Å². The van der Waals surface area contributed by atoms with Gasteiger partial charge in [0.1, 0.15) is 23.1 Å². The van der Waals surface area contributed by atoms with E-state index >= 15 is 0 Å².